The third-order valence-electron chi connectivity index (χ3n) is 3.99. The fourth-order valence-electron chi connectivity index (χ4n) is 2.71. The van der Waals surface area contributed by atoms with Gasteiger partial charge in [-0.05, 0) is 17.2 Å². The number of rotatable bonds is 7. The SMILES string of the molecule is NC(=O)c1nc(CNC(=O)C[C@H](c2ccccc2)c2ccccc2F)no1. The summed E-state index contributed by atoms with van der Waals surface area (Å²) < 4.78 is 19.0. The van der Waals surface area contributed by atoms with Crippen LogP contribution in [0, 0.1) is 5.82 Å². The zero-order valence-electron chi connectivity index (χ0n) is 14.3. The van der Waals surface area contributed by atoms with Crippen molar-refractivity contribution < 1.29 is 18.5 Å². The summed E-state index contributed by atoms with van der Waals surface area (Å²) in [4.78, 5) is 27.1. The van der Waals surface area contributed by atoms with Crippen LogP contribution < -0.4 is 11.1 Å². The normalized spacial score (nSPS) is 11.7. The smallest absolute Gasteiger partial charge is 0.315 e. The molecule has 0 radical (unpaired) electrons. The molecule has 27 heavy (non-hydrogen) atoms. The number of nitrogens with two attached hydrogens (primary N) is 1. The van der Waals surface area contributed by atoms with Crippen LogP contribution in [-0.2, 0) is 11.3 Å². The number of hydrogen-bond acceptors (Lipinski definition) is 5. The maximum atomic E-state index is 14.3. The molecule has 7 nitrogen and oxygen atoms in total. The maximum absolute atomic E-state index is 14.3. The Morgan fingerprint density at radius 3 is 2.48 bits per heavy atom. The Bertz CT molecular complexity index is 943. The van der Waals surface area contributed by atoms with Crippen LogP contribution in [0.15, 0.2) is 59.1 Å². The molecule has 0 bridgehead atoms. The topological polar surface area (TPSA) is 111 Å². The lowest BCUT2D eigenvalue weighted by Gasteiger charge is -2.18. The summed E-state index contributed by atoms with van der Waals surface area (Å²) >= 11 is 0. The number of halogens is 1. The number of hydrogen-bond donors (Lipinski definition) is 2. The minimum atomic E-state index is -0.844. The van der Waals surface area contributed by atoms with Crippen LogP contribution in [0.5, 0.6) is 0 Å². The Morgan fingerprint density at radius 2 is 1.81 bits per heavy atom. The monoisotopic (exact) mass is 368 g/mol. The third-order valence-corrected chi connectivity index (χ3v) is 3.99. The second-order valence-electron chi connectivity index (χ2n) is 5.85. The predicted molar refractivity (Wildman–Crippen MR) is 94.0 cm³/mol. The van der Waals surface area contributed by atoms with Gasteiger partial charge < -0.3 is 15.6 Å². The number of primary amides is 1. The van der Waals surface area contributed by atoms with Crippen LogP contribution in [-0.4, -0.2) is 22.0 Å². The number of nitrogens with zero attached hydrogens (tertiary/aromatic N) is 2. The van der Waals surface area contributed by atoms with E-state index in [0.29, 0.717) is 5.56 Å². The molecule has 2 aromatic carbocycles. The van der Waals surface area contributed by atoms with E-state index in [2.05, 4.69) is 20.0 Å². The van der Waals surface area contributed by atoms with Crippen molar-refractivity contribution in [2.45, 2.75) is 18.9 Å². The molecule has 0 aliphatic rings. The van der Waals surface area contributed by atoms with Gasteiger partial charge in [-0.1, -0.05) is 53.7 Å². The molecular formula is C19H17FN4O3. The summed E-state index contributed by atoms with van der Waals surface area (Å²) in [6.07, 6.45) is 0.0332. The average Bonchev–Trinajstić information content (AvgIpc) is 3.15. The van der Waals surface area contributed by atoms with Crippen molar-refractivity contribution in [1.82, 2.24) is 15.5 Å². The fraction of sp³-hybridized carbons (Fsp3) is 0.158. The molecule has 138 valence electrons. The number of aromatic nitrogens is 2. The van der Waals surface area contributed by atoms with E-state index in [9.17, 15) is 14.0 Å². The van der Waals surface area contributed by atoms with Crippen molar-refractivity contribution >= 4 is 11.8 Å². The quantitative estimate of drug-likeness (QED) is 0.664. The molecule has 3 rings (SSSR count). The van der Waals surface area contributed by atoms with E-state index in [1.807, 2.05) is 30.3 Å². The molecule has 8 heteroatoms. The van der Waals surface area contributed by atoms with Gasteiger partial charge in [0, 0.05) is 12.3 Å². The number of carbonyl (C=O) groups is 2. The maximum Gasteiger partial charge on any atom is 0.315 e. The summed E-state index contributed by atoms with van der Waals surface area (Å²) in [5.74, 6) is -2.18. The van der Waals surface area contributed by atoms with Crippen LogP contribution in [0.25, 0.3) is 0 Å². The summed E-state index contributed by atoms with van der Waals surface area (Å²) in [6, 6.07) is 15.6. The Kier molecular flexibility index (Phi) is 5.55. The standard InChI is InChI=1S/C19H17FN4O3/c20-15-9-5-4-8-13(15)14(12-6-2-1-3-7-12)10-17(25)22-11-16-23-19(18(21)26)27-24-16/h1-9,14H,10-11H2,(H2,21,26)(H,22,25)/t14-/m1/s1. The van der Waals surface area contributed by atoms with Crippen molar-refractivity contribution in [1.29, 1.82) is 0 Å². The van der Waals surface area contributed by atoms with Gasteiger partial charge in [0.15, 0.2) is 5.82 Å². The molecule has 0 saturated heterocycles. The van der Waals surface area contributed by atoms with Crippen molar-refractivity contribution in [3.05, 3.63) is 83.3 Å². The molecule has 3 aromatic rings. The minimum Gasteiger partial charge on any atom is -0.361 e. The van der Waals surface area contributed by atoms with Gasteiger partial charge in [0.1, 0.15) is 5.82 Å². The first-order chi connectivity index (χ1) is 13.0. The van der Waals surface area contributed by atoms with Crippen molar-refractivity contribution in [2.24, 2.45) is 5.73 Å². The lowest BCUT2D eigenvalue weighted by molar-refractivity contribution is -0.121. The molecule has 0 aliphatic heterocycles. The summed E-state index contributed by atoms with van der Waals surface area (Å²) in [5.41, 5.74) is 6.30. The Morgan fingerprint density at radius 1 is 1.11 bits per heavy atom. The second kappa shape index (κ2) is 8.22. The highest BCUT2D eigenvalue weighted by Crippen LogP contribution is 2.29. The van der Waals surface area contributed by atoms with Gasteiger partial charge in [0.05, 0.1) is 6.54 Å². The van der Waals surface area contributed by atoms with Crippen LogP contribution in [0.3, 0.4) is 0 Å². The minimum absolute atomic E-state index is 0.0332. The first-order valence-corrected chi connectivity index (χ1v) is 8.23. The lowest BCUT2D eigenvalue weighted by atomic mass is 9.88. The molecule has 1 aromatic heterocycles. The fourth-order valence-corrected chi connectivity index (χ4v) is 2.71. The first kappa shape index (κ1) is 18.2. The molecule has 1 heterocycles. The zero-order valence-corrected chi connectivity index (χ0v) is 14.3. The highest BCUT2D eigenvalue weighted by atomic mass is 19.1. The van der Waals surface area contributed by atoms with E-state index in [1.54, 1.807) is 18.2 Å². The Balaban J connectivity index is 1.73. The summed E-state index contributed by atoms with van der Waals surface area (Å²) in [7, 11) is 0. The van der Waals surface area contributed by atoms with Gasteiger partial charge in [0.2, 0.25) is 5.91 Å². The molecule has 1 atom stereocenters. The Hall–Kier alpha value is -3.55. The van der Waals surface area contributed by atoms with E-state index in [4.69, 9.17) is 5.73 Å². The molecule has 2 amide bonds. The average molecular weight is 368 g/mol. The summed E-state index contributed by atoms with van der Waals surface area (Å²) in [5, 5.41) is 6.20. The molecule has 0 saturated carbocycles. The van der Waals surface area contributed by atoms with E-state index >= 15 is 0 Å². The van der Waals surface area contributed by atoms with Gasteiger partial charge in [-0.15, -0.1) is 0 Å². The highest BCUT2D eigenvalue weighted by molar-refractivity contribution is 5.87. The largest absolute Gasteiger partial charge is 0.361 e. The van der Waals surface area contributed by atoms with Crippen molar-refractivity contribution in [3.63, 3.8) is 0 Å². The van der Waals surface area contributed by atoms with Gasteiger partial charge in [0.25, 0.3) is 0 Å². The summed E-state index contributed by atoms with van der Waals surface area (Å²) in [6.45, 7) is -0.0333. The second-order valence-corrected chi connectivity index (χ2v) is 5.85. The van der Waals surface area contributed by atoms with Gasteiger partial charge in [-0.2, -0.15) is 4.98 Å². The molecule has 0 fully saturated rings. The number of carbonyl (C=O) groups excluding carboxylic acids is 2. The van der Waals surface area contributed by atoms with Gasteiger partial charge in [-0.3, -0.25) is 9.59 Å². The van der Waals surface area contributed by atoms with Crippen molar-refractivity contribution in [2.75, 3.05) is 0 Å². The van der Waals surface area contributed by atoms with Crippen LogP contribution in [0.1, 0.15) is 40.0 Å². The van der Waals surface area contributed by atoms with E-state index < -0.39 is 11.8 Å². The molecule has 0 spiro atoms. The molecule has 0 aliphatic carbocycles. The Labute approximate surface area is 154 Å². The zero-order chi connectivity index (χ0) is 19.2. The van der Waals surface area contributed by atoms with Crippen LogP contribution in [0.2, 0.25) is 0 Å². The third kappa shape index (κ3) is 4.55. The van der Waals surface area contributed by atoms with E-state index in [0.717, 1.165) is 5.56 Å². The van der Waals surface area contributed by atoms with Gasteiger partial charge in [-0.25, -0.2) is 4.39 Å². The highest BCUT2D eigenvalue weighted by Gasteiger charge is 2.21. The molecule has 0 unspecified atom stereocenters. The lowest BCUT2D eigenvalue weighted by Crippen LogP contribution is -2.25. The van der Waals surface area contributed by atoms with Crippen LogP contribution >= 0.6 is 0 Å². The number of amides is 2. The van der Waals surface area contributed by atoms with Crippen molar-refractivity contribution in [3.8, 4) is 0 Å². The molecular weight excluding hydrogens is 351 g/mol. The number of benzene rings is 2. The molecule has 3 N–H and O–H groups in total. The predicted octanol–water partition coefficient (Wildman–Crippen LogP) is 2.15. The first-order valence-electron chi connectivity index (χ1n) is 8.23. The van der Waals surface area contributed by atoms with Crippen LogP contribution in [0.4, 0.5) is 4.39 Å². The van der Waals surface area contributed by atoms with Gasteiger partial charge >= 0.3 is 11.8 Å². The van der Waals surface area contributed by atoms with E-state index in [-0.39, 0.29) is 36.4 Å². The number of nitrogens with one attached hydrogen (secondary N) is 1. The van der Waals surface area contributed by atoms with E-state index in [1.165, 1.54) is 6.07 Å².